The summed E-state index contributed by atoms with van der Waals surface area (Å²) in [7, 11) is 0. The van der Waals surface area contributed by atoms with E-state index >= 15 is 0 Å². The van der Waals surface area contributed by atoms with Crippen molar-refractivity contribution >= 4 is 39.1 Å². The van der Waals surface area contributed by atoms with E-state index in [9.17, 15) is 9.59 Å². The van der Waals surface area contributed by atoms with E-state index in [0.29, 0.717) is 40.8 Å². The van der Waals surface area contributed by atoms with Gasteiger partial charge in [-0.1, -0.05) is 48.0 Å². The van der Waals surface area contributed by atoms with Gasteiger partial charge in [-0.15, -0.1) is 0 Å². The molecule has 0 aliphatic carbocycles. The Hall–Kier alpha value is -3.12. The van der Waals surface area contributed by atoms with Crippen LogP contribution in [0.15, 0.2) is 65.1 Å². The molecule has 0 unspecified atom stereocenters. The van der Waals surface area contributed by atoms with Crippen LogP contribution in [0.5, 0.6) is 5.75 Å². The van der Waals surface area contributed by atoms with E-state index in [1.165, 1.54) is 0 Å². The summed E-state index contributed by atoms with van der Waals surface area (Å²) in [4.78, 5) is 26.1. The number of carbonyl (C=O) groups is 2. The van der Waals surface area contributed by atoms with Crippen LogP contribution in [0.1, 0.15) is 45.7 Å². The van der Waals surface area contributed by atoms with Crippen LogP contribution in [-0.2, 0) is 0 Å². The summed E-state index contributed by atoms with van der Waals surface area (Å²) >= 11 is 3.42. The number of hydrogen-bond donors (Lipinski definition) is 2. The molecule has 0 heterocycles. The third-order valence-electron chi connectivity index (χ3n) is 4.94. The van der Waals surface area contributed by atoms with Crippen molar-refractivity contribution in [2.24, 2.45) is 5.92 Å². The van der Waals surface area contributed by atoms with E-state index < -0.39 is 0 Å². The van der Waals surface area contributed by atoms with Crippen LogP contribution in [0.2, 0.25) is 0 Å². The molecule has 166 valence electrons. The van der Waals surface area contributed by atoms with Crippen LogP contribution >= 0.6 is 15.9 Å². The largest absolute Gasteiger partial charge is 0.492 e. The highest BCUT2D eigenvalue weighted by Crippen LogP contribution is 2.26. The number of hydrogen-bond acceptors (Lipinski definition) is 3. The first-order valence-electron chi connectivity index (χ1n) is 10.5. The lowest BCUT2D eigenvalue weighted by molar-refractivity contribution is 0.102. The summed E-state index contributed by atoms with van der Waals surface area (Å²) < 4.78 is 6.59. The molecule has 0 fully saturated rings. The van der Waals surface area contributed by atoms with Crippen LogP contribution in [0, 0.1) is 19.8 Å². The molecule has 3 aromatic rings. The topological polar surface area (TPSA) is 67.4 Å². The molecule has 3 rings (SSSR count). The summed E-state index contributed by atoms with van der Waals surface area (Å²) in [6, 6.07) is 18.0. The van der Waals surface area contributed by atoms with Gasteiger partial charge in [0, 0.05) is 10.2 Å². The molecule has 2 amide bonds. The lowest BCUT2D eigenvalue weighted by Gasteiger charge is -2.15. The molecule has 6 heteroatoms. The minimum absolute atomic E-state index is 0.297. The molecule has 0 aromatic heterocycles. The SMILES string of the molecule is Cc1ccc(NC(=O)c2ccccc2NC(=O)c2cc(Br)ccc2OCC(C)C)cc1C. The highest BCUT2D eigenvalue weighted by molar-refractivity contribution is 9.10. The van der Waals surface area contributed by atoms with Crippen LogP contribution in [0.25, 0.3) is 0 Å². The monoisotopic (exact) mass is 494 g/mol. The molecular formula is C26H27BrN2O3. The Balaban J connectivity index is 1.83. The quantitative estimate of drug-likeness (QED) is 0.388. The Bertz CT molecular complexity index is 1140. The number of benzene rings is 3. The smallest absolute Gasteiger partial charge is 0.259 e. The van der Waals surface area contributed by atoms with Gasteiger partial charge in [-0.2, -0.15) is 0 Å². The molecule has 0 aliphatic heterocycles. The molecule has 5 nitrogen and oxygen atoms in total. The van der Waals surface area contributed by atoms with E-state index in [4.69, 9.17) is 4.74 Å². The highest BCUT2D eigenvalue weighted by Gasteiger charge is 2.18. The second-order valence-electron chi connectivity index (χ2n) is 8.10. The Morgan fingerprint density at radius 3 is 2.31 bits per heavy atom. The van der Waals surface area contributed by atoms with Gasteiger partial charge in [0.15, 0.2) is 0 Å². The molecule has 0 atom stereocenters. The molecule has 3 aromatic carbocycles. The average Bonchev–Trinajstić information content (AvgIpc) is 2.75. The van der Waals surface area contributed by atoms with Gasteiger partial charge in [0.25, 0.3) is 11.8 Å². The van der Waals surface area contributed by atoms with Crippen molar-refractivity contribution < 1.29 is 14.3 Å². The molecule has 0 radical (unpaired) electrons. The van der Waals surface area contributed by atoms with Crippen molar-refractivity contribution in [3.63, 3.8) is 0 Å². The van der Waals surface area contributed by atoms with Gasteiger partial charge >= 0.3 is 0 Å². The predicted molar refractivity (Wildman–Crippen MR) is 133 cm³/mol. The van der Waals surface area contributed by atoms with Crippen molar-refractivity contribution in [2.75, 3.05) is 17.2 Å². The predicted octanol–water partition coefficient (Wildman–Crippen LogP) is 6.61. The molecule has 0 saturated heterocycles. The molecule has 0 aliphatic rings. The summed E-state index contributed by atoms with van der Waals surface area (Å²) in [6.45, 7) is 8.60. The highest BCUT2D eigenvalue weighted by atomic mass is 79.9. The van der Waals surface area contributed by atoms with Gasteiger partial charge in [-0.05, 0) is 73.4 Å². The van der Waals surface area contributed by atoms with Crippen LogP contribution in [0.4, 0.5) is 11.4 Å². The van der Waals surface area contributed by atoms with Crippen LogP contribution in [0.3, 0.4) is 0 Å². The lowest BCUT2D eigenvalue weighted by Crippen LogP contribution is -2.19. The first kappa shape index (κ1) is 23.5. The number of nitrogens with one attached hydrogen (secondary N) is 2. The van der Waals surface area contributed by atoms with Crippen LogP contribution < -0.4 is 15.4 Å². The average molecular weight is 495 g/mol. The maximum Gasteiger partial charge on any atom is 0.259 e. The summed E-state index contributed by atoms with van der Waals surface area (Å²) in [6.07, 6.45) is 0. The van der Waals surface area contributed by atoms with Crippen molar-refractivity contribution in [2.45, 2.75) is 27.7 Å². The molecule has 0 spiro atoms. The van der Waals surface area contributed by atoms with Gasteiger partial charge in [-0.25, -0.2) is 0 Å². The van der Waals surface area contributed by atoms with Crippen LogP contribution in [-0.4, -0.2) is 18.4 Å². The zero-order chi connectivity index (χ0) is 23.3. The van der Waals surface area contributed by atoms with E-state index in [1.54, 1.807) is 36.4 Å². The number of ether oxygens (including phenoxy) is 1. The zero-order valence-corrected chi connectivity index (χ0v) is 20.2. The first-order valence-corrected chi connectivity index (χ1v) is 11.2. The number of anilines is 2. The third-order valence-corrected chi connectivity index (χ3v) is 5.44. The van der Waals surface area contributed by atoms with Gasteiger partial charge in [0.2, 0.25) is 0 Å². The number of rotatable bonds is 7. The second kappa shape index (κ2) is 10.5. The lowest BCUT2D eigenvalue weighted by atomic mass is 10.1. The van der Waals surface area contributed by atoms with Crippen molar-refractivity contribution in [3.05, 3.63) is 87.4 Å². The van der Waals surface area contributed by atoms with E-state index in [-0.39, 0.29) is 11.8 Å². The molecular weight excluding hydrogens is 468 g/mol. The van der Waals surface area contributed by atoms with Gasteiger partial charge in [0.1, 0.15) is 5.75 Å². The number of halogens is 1. The Kier molecular flexibility index (Phi) is 7.70. The zero-order valence-electron chi connectivity index (χ0n) is 18.7. The summed E-state index contributed by atoms with van der Waals surface area (Å²) in [5.41, 5.74) is 4.14. The van der Waals surface area contributed by atoms with Gasteiger partial charge in [0.05, 0.1) is 23.4 Å². The minimum atomic E-state index is -0.350. The van der Waals surface area contributed by atoms with Gasteiger partial charge < -0.3 is 15.4 Å². The molecule has 2 N–H and O–H groups in total. The Labute approximate surface area is 197 Å². The fourth-order valence-electron chi connectivity index (χ4n) is 3.06. The van der Waals surface area contributed by atoms with Gasteiger partial charge in [-0.3, -0.25) is 9.59 Å². The van der Waals surface area contributed by atoms with E-state index in [0.717, 1.165) is 15.6 Å². The fraction of sp³-hybridized carbons (Fsp3) is 0.231. The molecule has 0 saturated carbocycles. The Morgan fingerprint density at radius 2 is 1.59 bits per heavy atom. The fourth-order valence-corrected chi connectivity index (χ4v) is 3.42. The summed E-state index contributed by atoms with van der Waals surface area (Å²) in [5.74, 6) is 0.173. The molecule has 0 bridgehead atoms. The van der Waals surface area contributed by atoms with Crippen molar-refractivity contribution in [1.29, 1.82) is 0 Å². The maximum absolute atomic E-state index is 13.1. The van der Waals surface area contributed by atoms with Crippen molar-refractivity contribution in [3.8, 4) is 5.75 Å². The number of amides is 2. The second-order valence-corrected chi connectivity index (χ2v) is 9.01. The number of carbonyl (C=O) groups excluding carboxylic acids is 2. The standard InChI is InChI=1S/C26H27BrN2O3/c1-16(2)15-32-24-12-10-19(27)14-22(24)26(31)29-23-8-6-5-7-21(23)25(30)28-20-11-9-17(3)18(4)13-20/h5-14,16H,15H2,1-4H3,(H,28,30)(H,29,31). The number of para-hydroxylation sites is 1. The summed E-state index contributed by atoms with van der Waals surface area (Å²) in [5, 5.41) is 5.78. The minimum Gasteiger partial charge on any atom is -0.492 e. The first-order chi connectivity index (χ1) is 15.2. The third kappa shape index (κ3) is 5.98. The van der Waals surface area contributed by atoms with E-state index in [2.05, 4.69) is 26.6 Å². The van der Waals surface area contributed by atoms with Crippen molar-refractivity contribution in [1.82, 2.24) is 0 Å². The maximum atomic E-state index is 13.1. The Morgan fingerprint density at radius 1 is 0.875 bits per heavy atom. The molecule has 32 heavy (non-hydrogen) atoms. The number of aryl methyl sites for hydroxylation is 2. The normalized spacial score (nSPS) is 10.7. The van der Waals surface area contributed by atoms with E-state index in [1.807, 2.05) is 52.0 Å².